The van der Waals surface area contributed by atoms with Crippen molar-refractivity contribution < 1.29 is 13.6 Å². The summed E-state index contributed by atoms with van der Waals surface area (Å²) in [6, 6.07) is 6.77. The molecule has 1 unspecified atom stereocenters. The lowest BCUT2D eigenvalue weighted by Crippen LogP contribution is -2.25. The number of aromatic nitrogens is 6. The van der Waals surface area contributed by atoms with Gasteiger partial charge in [-0.25, -0.2) is 8.78 Å². The molecule has 0 saturated heterocycles. The lowest BCUT2D eigenvalue weighted by atomic mass is 9.85. The molecule has 0 fully saturated rings. The summed E-state index contributed by atoms with van der Waals surface area (Å²) >= 11 is 0. The number of benzene rings is 1. The van der Waals surface area contributed by atoms with Crippen LogP contribution in [0.15, 0.2) is 30.3 Å². The Balaban J connectivity index is 1.69. The van der Waals surface area contributed by atoms with Crippen molar-refractivity contribution in [3.05, 3.63) is 64.6 Å². The molecule has 1 aliphatic rings. The molecule has 1 amide bonds. The monoisotopic (exact) mass is 395 g/mol. The third kappa shape index (κ3) is 2.75. The number of hydrogen-bond donors (Lipinski definition) is 1. The largest absolute Gasteiger partial charge is 0.310 e. The molecule has 5 rings (SSSR count). The van der Waals surface area contributed by atoms with Gasteiger partial charge in [-0.2, -0.15) is 14.3 Å². The van der Waals surface area contributed by atoms with Crippen molar-refractivity contribution in [2.24, 2.45) is 0 Å². The number of anilines is 1. The van der Waals surface area contributed by atoms with Crippen molar-refractivity contribution in [3.8, 4) is 5.82 Å². The van der Waals surface area contributed by atoms with E-state index in [0.717, 1.165) is 6.07 Å². The Hall–Kier alpha value is -3.69. The lowest BCUT2D eigenvalue weighted by molar-refractivity contribution is -0.116. The van der Waals surface area contributed by atoms with Gasteiger partial charge >= 0.3 is 0 Å². The minimum Gasteiger partial charge on any atom is -0.310 e. The first-order chi connectivity index (χ1) is 13.9. The summed E-state index contributed by atoms with van der Waals surface area (Å²) in [5.41, 5.74) is 2.31. The standard InChI is InChI=1S/C19H15F2N7O/c1-9-18-14(11-5-12(20)7-13(21)6-11)8-17(29)22-19(18)28(25-9)16-4-3-15-24-23-10(2)27(15)26-16/h3-7,14H,8H2,1-2H3,(H,22,29). The number of amides is 1. The third-order valence-corrected chi connectivity index (χ3v) is 5.01. The first-order valence-electron chi connectivity index (χ1n) is 8.95. The fraction of sp³-hybridized carbons (Fsp3) is 0.211. The fourth-order valence-electron chi connectivity index (χ4n) is 3.77. The molecule has 8 nitrogen and oxygen atoms in total. The van der Waals surface area contributed by atoms with Crippen LogP contribution in [-0.4, -0.2) is 35.5 Å². The maximum Gasteiger partial charge on any atom is 0.226 e. The topological polar surface area (TPSA) is 90.0 Å². The molecule has 1 aliphatic heterocycles. The lowest BCUT2D eigenvalue weighted by Gasteiger charge is -2.24. The number of rotatable bonds is 2. The molecule has 1 aromatic carbocycles. The van der Waals surface area contributed by atoms with Crippen LogP contribution in [0.25, 0.3) is 11.5 Å². The molecule has 4 aromatic rings. The summed E-state index contributed by atoms with van der Waals surface area (Å²) in [6.07, 6.45) is 0.0689. The highest BCUT2D eigenvalue weighted by Crippen LogP contribution is 2.40. The van der Waals surface area contributed by atoms with E-state index in [2.05, 4.69) is 25.7 Å². The second kappa shape index (κ2) is 6.16. The molecular formula is C19H15F2N7O. The van der Waals surface area contributed by atoms with E-state index in [-0.39, 0.29) is 12.3 Å². The van der Waals surface area contributed by atoms with Crippen LogP contribution in [0.3, 0.4) is 0 Å². The van der Waals surface area contributed by atoms with Crippen molar-refractivity contribution in [3.63, 3.8) is 0 Å². The highest BCUT2D eigenvalue weighted by molar-refractivity contribution is 5.95. The van der Waals surface area contributed by atoms with Crippen LogP contribution in [0.1, 0.15) is 35.0 Å². The van der Waals surface area contributed by atoms with Gasteiger partial charge < -0.3 is 5.32 Å². The Labute approximate surface area is 163 Å². The number of hydrogen-bond acceptors (Lipinski definition) is 5. The Morgan fingerprint density at radius 1 is 1.07 bits per heavy atom. The molecular weight excluding hydrogens is 380 g/mol. The molecule has 4 heterocycles. The minimum atomic E-state index is -0.687. The SMILES string of the molecule is Cc1nn(-c2ccc3nnc(C)n3n2)c2c1C(c1cc(F)cc(F)c1)CC(=O)N2. The van der Waals surface area contributed by atoms with Gasteiger partial charge in [0, 0.05) is 24.0 Å². The van der Waals surface area contributed by atoms with Crippen LogP contribution >= 0.6 is 0 Å². The van der Waals surface area contributed by atoms with E-state index in [1.54, 1.807) is 30.5 Å². The van der Waals surface area contributed by atoms with Crippen LogP contribution < -0.4 is 5.32 Å². The van der Waals surface area contributed by atoms with Crippen molar-refractivity contribution in [1.82, 2.24) is 29.6 Å². The van der Waals surface area contributed by atoms with Crippen LogP contribution in [0.5, 0.6) is 0 Å². The highest BCUT2D eigenvalue weighted by atomic mass is 19.1. The summed E-state index contributed by atoms with van der Waals surface area (Å²) in [6.45, 7) is 3.56. The van der Waals surface area contributed by atoms with Gasteiger partial charge in [-0.05, 0) is 43.7 Å². The molecule has 146 valence electrons. The van der Waals surface area contributed by atoms with E-state index in [0.29, 0.717) is 39.9 Å². The molecule has 0 radical (unpaired) electrons. The number of aryl methyl sites for hydroxylation is 2. The number of nitrogens with one attached hydrogen (secondary N) is 1. The van der Waals surface area contributed by atoms with Gasteiger partial charge in [0.25, 0.3) is 0 Å². The summed E-state index contributed by atoms with van der Waals surface area (Å²) in [5.74, 6) is -0.660. The summed E-state index contributed by atoms with van der Waals surface area (Å²) in [5, 5.41) is 19.9. The number of carbonyl (C=O) groups excluding carboxylic acids is 1. The second-order valence-electron chi connectivity index (χ2n) is 6.98. The molecule has 1 N–H and O–H groups in total. The Kier molecular flexibility index (Phi) is 3.70. The Morgan fingerprint density at radius 2 is 1.83 bits per heavy atom. The first kappa shape index (κ1) is 17.4. The van der Waals surface area contributed by atoms with Gasteiger partial charge in [0.2, 0.25) is 5.91 Å². The van der Waals surface area contributed by atoms with Crippen molar-refractivity contribution in [1.29, 1.82) is 0 Å². The number of carbonyl (C=O) groups is 1. The first-order valence-corrected chi connectivity index (χ1v) is 8.95. The summed E-state index contributed by atoms with van der Waals surface area (Å²) in [4.78, 5) is 12.4. The van der Waals surface area contributed by atoms with Crippen molar-refractivity contribution in [2.75, 3.05) is 5.32 Å². The smallest absolute Gasteiger partial charge is 0.226 e. The molecule has 29 heavy (non-hydrogen) atoms. The van der Waals surface area contributed by atoms with E-state index in [1.807, 2.05) is 0 Å². The Bertz CT molecular complexity index is 1270. The zero-order valence-electron chi connectivity index (χ0n) is 15.5. The number of nitrogens with zero attached hydrogens (tertiary/aromatic N) is 6. The van der Waals surface area contributed by atoms with Gasteiger partial charge in [-0.15, -0.1) is 15.3 Å². The molecule has 10 heteroatoms. The minimum absolute atomic E-state index is 0.0689. The zero-order chi connectivity index (χ0) is 20.3. The second-order valence-corrected chi connectivity index (χ2v) is 6.98. The van der Waals surface area contributed by atoms with E-state index in [4.69, 9.17) is 0 Å². The van der Waals surface area contributed by atoms with Crippen LogP contribution in [0.4, 0.5) is 14.6 Å². The van der Waals surface area contributed by atoms with Gasteiger partial charge in [0.05, 0.1) is 5.69 Å². The maximum absolute atomic E-state index is 13.8. The summed E-state index contributed by atoms with van der Waals surface area (Å²) < 4.78 is 30.7. The molecule has 0 spiro atoms. The van der Waals surface area contributed by atoms with Crippen molar-refractivity contribution in [2.45, 2.75) is 26.2 Å². The number of halogens is 2. The van der Waals surface area contributed by atoms with E-state index < -0.39 is 17.6 Å². The third-order valence-electron chi connectivity index (χ3n) is 5.01. The summed E-state index contributed by atoms with van der Waals surface area (Å²) in [7, 11) is 0. The average molecular weight is 395 g/mol. The van der Waals surface area contributed by atoms with E-state index in [9.17, 15) is 13.6 Å². The van der Waals surface area contributed by atoms with Gasteiger partial charge in [0.15, 0.2) is 17.3 Å². The maximum atomic E-state index is 13.8. The molecule has 3 aromatic heterocycles. The highest BCUT2D eigenvalue weighted by Gasteiger charge is 2.33. The fourth-order valence-corrected chi connectivity index (χ4v) is 3.77. The van der Waals surface area contributed by atoms with E-state index >= 15 is 0 Å². The zero-order valence-corrected chi connectivity index (χ0v) is 15.5. The van der Waals surface area contributed by atoms with Crippen LogP contribution in [0, 0.1) is 25.5 Å². The molecule has 0 saturated carbocycles. The predicted molar refractivity (Wildman–Crippen MR) is 98.8 cm³/mol. The predicted octanol–water partition coefficient (Wildman–Crippen LogP) is 2.68. The van der Waals surface area contributed by atoms with Gasteiger partial charge in [-0.1, -0.05) is 0 Å². The van der Waals surface area contributed by atoms with Crippen molar-refractivity contribution >= 4 is 17.4 Å². The quantitative estimate of drug-likeness (QED) is 0.564. The Morgan fingerprint density at radius 3 is 2.59 bits per heavy atom. The molecule has 1 atom stereocenters. The molecule has 0 aliphatic carbocycles. The van der Waals surface area contributed by atoms with Crippen LogP contribution in [-0.2, 0) is 4.79 Å². The van der Waals surface area contributed by atoms with E-state index in [1.165, 1.54) is 16.8 Å². The van der Waals surface area contributed by atoms with Gasteiger partial charge in [-0.3, -0.25) is 4.79 Å². The normalized spacial score (nSPS) is 16.1. The molecule has 0 bridgehead atoms. The number of fused-ring (bicyclic) bond motifs is 2. The average Bonchev–Trinajstić information content (AvgIpc) is 3.20. The van der Waals surface area contributed by atoms with Crippen LogP contribution in [0.2, 0.25) is 0 Å². The van der Waals surface area contributed by atoms with Gasteiger partial charge in [0.1, 0.15) is 17.5 Å².